The Morgan fingerprint density at radius 2 is 1.25 bits per heavy atom. The van der Waals surface area contributed by atoms with Crippen LogP contribution in [-0.2, 0) is 0 Å². The van der Waals surface area contributed by atoms with Crippen LogP contribution in [0.25, 0.3) is 0 Å². The molecule has 1 nitrogen and oxygen atoms in total. The summed E-state index contributed by atoms with van der Waals surface area (Å²) in [5.41, 5.74) is 0. The standard InChI is InChI=1S/C18H39GeN/c1-8-13-19(14-9-2,15-10-3)18(17(6)7)16-20(11-4)12-5/h16-17H,8-15H2,1-7H3/b18-16+. The summed E-state index contributed by atoms with van der Waals surface area (Å²) >= 11 is -1.86. The van der Waals surface area contributed by atoms with E-state index in [1.165, 1.54) is 35.0 Å². The molecule has 0 spiro atoms. The third-order valence-corrected chi connectivity index (χ3v) is 17.8. The molecule has 0 aromatic carbocycles. The van der Waals surface area contributed by atoms with Gasteiger partial charge in [-0.1, -0.05) is 0 Å². The Kier molecular flexibility index (Phi) is 10.8. The summed E-state index contributed by atoms with van der Waals surface area (Å²) in [5, 5.41) is 4.60. The molecular weight excluding hydrogens is 303 g/mol. The molecule has 0 radical (unpaired) electrons. The van der Waals surface area contributed by atoms with Crippen molar-refractivity contribution in [3.63, 3.8) is 0 Å². The number of hydrogen-bond donors (Lipinski definition) is 0. The molecule has 0 fully saturated rings. The van der Waals surface area contributed by atoms with Crippen molar-refractivity contribution in [1.29, 1.82) is 0 Å². The summed E-state index contributed by atoms with van der Waals surface area (Å²) in [7, 11) is 0. The zero-order chi connectivity index (χ0) is 15.6. The van der Waals surface area contributed by atoms with Crippen LogP contribution in [0, 0.1) is 5.92 Å². The van der Waals surface area contributed by atoms with Gasteiger partial charge in [0.15, 0.2) is 0 Å². The fourth-order valence-electron chi connectivity index (χ4n) is 3.74. The van der Waals surface area contributed by atoms with E-state index in [-0.39, 0.29) is 0 Å². The van der Waals surface area contributed by atoms with Crippen LogP contribution in [0.3, 0.4) is 0 Å². The first-order valence-electron chi connectivity index (χ1n) is 8.97. The molecule has 0 atom stereocenters. The van der Waals surface area contributed by atoms with Crippen molar-refractivity contribution in [3.05, 3.63) is 10.6 Å². The van der Waals surface area contributed by atoms with E-state index in [1.54, 1.807) is 0 Å². The van der Waals surface area contributed by atoms with E-state index in [0.717, 1.165) is 19.0 Å². The van der Waals surface area contributed by atoms with Crippen LogP contribution >= 0.6 is 0 Å². The predicted molar refractivity (Wildman–Crippen MR) is 96.9 cm³/mol. The molecule has 20 heavy (non-hydrogen) atoms. The van der Waals surface area contributed by atoms with Gasteiger partial charge in [-0.25, -0.2) is 0 Å². The predicted octanol–water partition coefficient (Wildman–Crippen LogP) is 6.09. The molecule has 0 heterocycles. The third kappa shape index (κ3) is 5.83. The minimum absolute atomic E-state index is 0.736. The molecule has 0 aliphatic heterocycles. The molecular formula is C18H39GeN. The summed E-state index contributed by atoms with van der Waals surface area (Å²) in [4.78, 5) is 2.52. The zero-order valence-corrected chi connectivity index (χ0v) is 17.4. The van der Waals surface area contributed by atoms with Crippen LogP contribution in [-0.4, -0.2) is 31.3 Å². The van der Waals surface area contributed by atoms with Crippen molar-refractivity contribution in [2.24, 2.45) is 5.92 Å². The summed E-state index contributed by atoms with van der Waals surface area (Å²) in [6.07, 6.45) is 6.72. The summed E-state index contributed by atoms with van der Waals surface area (Å²) in [6, 6.07) is 0. The van der Waals surface area contributed by atoms with Gasteiger partial charge in [-0.05, 0) is 0 Å². The second-order valence-corrected chi connectivity index (χ2v) is 16.2. The molecule has 0 saturated heterocycles. The van der Waals surface area contributed by atoms with Gasteiger partial charge in [0.25, 0.3) is 0 Å². The van der Waals surface area contributed by atoms with Crippen molar-refractivity contribution < 1.29 is 0 Å². The molecule has 0 aromatic heterocycles. The minimum atomic E-state index is -1.86. The van der Waals surface area contributed by atoms with E-state index in [2.05, 4.69) is 59.6 Å². The first-order chi connectivity index (χ1) is 9.51. The van der Waals surface area contributed by atoms with Gasteiger partial charge < -0.3 is 0 Å². The molecule has 0 N–H and O–H groups in total. The van der Waals surface area contributed by atoms with E-state index < -0.39 is 13.3 Å². The molecule has 0 bridgehead atoms. The Bertz CT molecular complexity index is 250. The fourth-order valence-corrected chi connectivity index (χ4v) is 16.7. The maximum atomic E-state index is 2.59. The van der Waals surface area contributed by atoms with Gasteiger partial charge in [-0.2, -0.15) is 0 Å². The normalized spacial score (nSPS) is 13.1. The average molecular weight is 342 g/mol. The van der Waals surface area contributed by atoms with E-state index in [1.807, 2.05) is 4.41 Å². The van der Waals surface area contributed by atoms with Crippen LogP contribution < -0.4 is 0 Å². The van der Waals surface area contributed by atoms with Crippen molar-refractivity contribution in [3.8, 4) is 0 Å². The van der Waals surface area contributed by atoms with Crippen LogP contribution in [0.5, 0.6) is 0 Å². The monoisotopic (exact) mass is 343 g/mol. The van der Waals surface area contributed by atoms with Crippen LogP contribution in [0.15, 0.2) is 10.6 Å². The van der Waals surface area contributed by atoms with Gasteiger partial charge in [0.1, 0.15) is 0 Å². The molecule has 120 valence electrons. The van der Waals surface area contributed by atoms with Crippen LogP contribution in [0.4, 0.5) is 0 Å². The van der Waals surface area contributed by atoms with E-state index in [0.29, 0.717) is 0 Å². The van der Waals surface area contributed by atoms with Gasteiger partial charge in [-0.3, -0.25) is 0 Å². The molecule has 0 aliphatic carbocycles. The SMILES string of the molecule is CC[CH2][Ge]([CH2]CC)([CH2]CC)/[C](=C/N(CC)CC)C(C)C. The number of nitrogens with zero attached hydrogens (tertiary/aromatic N) is 1. The fraction of sp³-hybridized carbons (Fsp3) is 0.889. The van der Waals surface area contributed by atoms with Gasteiger partial charge in [0, 0.05) is 0 Å². The van der Waals surface area contributed by atoms with E-state index >= 15 is 0 Å². The summed E-state index contributed by atoms with van der Waals surface area (Å²) in [6.45, 7) is 18.9. The molecule has 0 unspecified atom stereocenters. The first-order valence-corrected chi connectivity index (χ1v) is 14.5. The molecule has 0 saturated carbocycles. The second kappa shape index (κ2) is 10.8. The van der Waals surface area contributed by atoms with Gasteiger partial charge in [-0.15, -0.1) is 0 Å². The van der Waals surface area contributed by atoms with Crippen LogP contribution in [0.1, 0.15) is 67.7 Å². The third-order valence-electron chi connectivity index (χ3n) is 4.55. The Balaban J connectivity index is 5.60. The first kappa shape index (κ1) is 20.1. The van der Waals surface area contributed by atoms with E-state index in [9.17, 15) is 0 Å². The van der Waals surface area contributed by atoms with Gasteiger partial charge in [0.2, 0.25) is 0 Å². The molecule has 0 aromatic rings. The Labute approximate surface area is 131 Å². The number of hydrogen-bond acceptors (Lipinski definition) is 1. The van der Waals surface area contributed by atoms with Gasteiger partial charge in [0.05, 0.1) is 0 Å². The van der Waals surface area contributed by atoms with Crippen molar-refractivity contribution >= 4 is 13.3 Å². The summed E-state index contributed by atoms with van der Waals surface area (Å²) in [5.74, 6) is 0.736. The zero-order valence-electron chi connectivity index (χ0n) is 15.3. The molecule has 0 rings (SSSR count). The number of rotatable bonds is 11. The maximum absolute atomic E-state index is 2.59. The topological polar surface area (TPSA) is 3.24 Å². The van der Waals surface area contributed by atoms with Crippen LogP contribution in [0.2, 0.25) is 15.8 Å². The quantitative estimate of drug-likeness (QED) is 0.411. The Hall–Kier alpha value is 0.0829. The Morgan fingerprint density at radius 3 is 1.50 bits per heavy atom. The number of allylic oxidation sites excluding steroid dienone is 1. The Morgan fingerprint density at radius 1 is 0.850 bits per heavy atom. The second-order valence-electron chi connectivity index (χ2n) is 6.49. The van der Waals surface area contributed by atoms with Gasteiger partial charge >= 0.3 is 131 Å². The summed E-state index contributed by atoms with van der Waals surface area (Å²) < 4.78 is 1.89. The molecule has 2 heteroatoms. The van der Waals surface area contributed by atoms with Crippen molar-refractivity contribution in [2.75, 3.05) is 13.1 Å². The van der Waals surface area contributed by atoms with Crippen molar-refractivity contribution in [2.45, 2.75) is 83.5 Å². The average Bonchev–Trinajstić information content (AvgIpc) is 2.40. The molecule has 0 aliphatic rings. The molecule has 0 amide bonds. The van der Waals surface area contributed by atoms with Crippen molar-refractivity contribution in [1.82, 2.24) is 4.90 Å². The van der Waals surface area contributed by atoms with E-state index in [4.69, 9.17) is 0 Å².